The summed E-state index contributed by atoms with van der Waals surface area (Å²) in [7, 11) is 0. The van der Waals surface area contributed by atoms with Gasteiger partial charge < -0.3 is 15.0 Å². The predicted molar refractivity (Wildman–Crippen MR) is 120 cm³/mol. The highest BCUT2D eigenvalue weighted by Crippen LogP contribution is 2.40. The summed E-state index contributed by atoms with van der Waals surface area (Å²) in [6.07, 6.45) is 2.51. The largest absolute Gasteiger partial charge is 0.434 e. The lowest BCUT2D eigenvalue weighted by Crippen LogP contribution is -2.32. The molecule has 164 valence electrons. The average Bonchev–Trinajstić information content (AvgIpc) is 3.26. The minimum Gasteiger partial charge on any atom is -0.434 e. The molecule has 0 amide bonds. The summed E-state index contributed by atoms with van der Waals surface area (Å²) in [4.78, 5) is 6.04. The van der Waals surface area contributed by atoms with Gasteiger partial charge >= 0.3 is 6.61 Å². The van der Waals surface area contributed by atoms with Crippen LogP contribution in [0.5, 0.6) is 5.75 Å². The van der Waals surface area contributed by atoms with E-state index in [1.165, 1.54) is 17.2 Å². The number of fused-ring (bicyclic) bond motifs is 8. The summed E-state index contributed by atoms with van der Waals surface area (Å²) in [5, 5.41) is 4.18. The van der Waals surface area contributed by atoms with Gasteiger partial charge in [0.15, 0.2) is 0 Å². The van der Waals surface area contributed by atoms with Crippen molar-refractivity contribution in [2.75, 3.05) is 20.1 Å². The fourth-order valence-electron chi connectivity index (χ4n) is 4.37. The molecule has 1 N–H and O–H groups in total. The van der Waals surface area contributed by atoms with Crippen LogP contribution < -0.4 is 20.5 Å². The average molecular weight is 438 g/mol. The van der Waals surface area contributed by atoms with Crippen LogP contribution in [-0.2, 0) is 0 Å². The molecule has 32 heavy (non-hydrogen) atoms. The van der Waals surface area contributed by atoms with Gasteiger partial charge in [0.1, 0.15) is 11.6 Å². The summed E-state index contributed by atoms with van der Waals surface area (Å²) >= 11 is 0. The van der Waals surface area contributed by atoms with E-state index in [1.54, 1.807) is 12.1 Å². The van der Waals surface area contributed by atoms with Crippen LogP contribution in [0.25, 0.3) is 22.9 Å². The molecule has 0 aliphatic carbocycles. The topological polar surface area (TPSA) is 42.3 Å². The predicted octanol–water partition coefficient (Wildman–Crippen LogP) is 2.77. The number of halogens is 2. The van der Waals surface area contributed by atoms with Gasteiger partial charge in [-0.25, -0.2) is 4.98 Å². The van der Waals surface area contributed by atoms with Gasteiger partial charge in [-0.15, -0.1) is 0 Å². The van der Waals surface area contributed by atoms with Crippen molar-refractivity contribution in [1.29, 1.82) is 0 Å². The number of benzene rings is 2. The van der Waals surface area contributed by atoms with Crippen LogP contribution in [0.15, 0.2) is 36.4 Å². The highest BCUT2D eigenvalue weighted by Gasteiger charge is 2.35. The number of hydrogen-bond donors (Lipinski definition) is 1. The Morgan fingerprint density at radius 2 is 2.25 bits per heavy atom. The quantitative estimate of drug-likeness (QED) is 0.493. The first-order valence-corrected chi connectivity index (χ1v) is 10.6. The van der Waals surface area contributed by atoms with Crippen molar-refractivity contribution in [3.05, 3.63) is 58.2 Å². The molecule has 2 aliphatic heterocycles. The van der Waals surface area contributed by atoms with Crippen LogP contribution >= 0.6 is 0 Å². The molecular weight excluding hydrogens is 410 g/mol. The molecule has 0 spiro atoms. The second kappa shape index (κ2) is 8.29. The Morgan fingerprint density at radius 1 is 1.34 bits per heavy atom. The molecule has 5 rings (SSSR count). The normalized spacial score (nSPS) is 18.1. The minimum atomic E-state index is -3.01. The molecular formula is C25H24F2N4O. The number of aromatic nitrogens is 2. The van der Waals surface area contributed by atoms with Gasteiger partial charge in [0.2, 0.25) is 0 Å². The van der Waals surface area contributed by atoms with Crippen molar-refractivity contribution >= 4 is 22.9 Å². The van der Waals surface area contributed by atoms with E-state index in [9.17, 15) is 8.78 Å². The van der Waals surface area contributed by atoms with Crippen LogP contribution in [0.1, 0.15) is 41.3 Å². The number of hydrogen-bond acceptors (Lipinski definition) is 4. The number of nitrogens with one attached hydrogen (secondary N) is 1. The van der Waals surface area contributed by atoms with Gasteiger partial charge in [0, 0.05) is 58.4 Å². The molecule has 3 aromatic rings. The third kappa shape index (κ3) is 3.51. The van der Waals surface area contributed by atoms with Crippen LogP contribution in [0.2, 0.25) is 0 Å². The standard InChI is InChI=1S/C25H24F2N4O/c1-3-28-12-5-4-7-16-10-11-18-19(13-16)31-20-14-21(24(31)29-18)30(2)15-17-8-6-9-22(23(17)20)32-25(26)27/h6,8-11,13,15,21,25,28H,3,5,12,14H2,1-2H3/t21-/m1/s1/i2D3. The van der Waals surface area contributed by atoms with E-state index in [1.807, 2.05) is 29.7 Å². The first-order valence-electron chi connectivity index (χ1n) is 12.1. The van der Waals surface area contributed by atoms with E-state index in [0.717, 1.165) is 24.2 Å². The Bertz CT molecular complexity index is 1470. The second-order valence-corrected chi connectivity index (χ2v) is 7.72. The molecule has 3 heterocycles. The number of rotatable bonds is 5. The van der Waals surface area contributed by atoms with Crippen molar-refractivity contribution in [3.63, 3.8) is 0 Å². The SMILES string of the molecule is [2H]C([2H])([2H])N1C=c2cccc(OC(F)F)c2=C2C[C@@H]1c1nc3ccc(C#CCCNCC)cc3n12. The lowest BCUT2D eigenvalue weighted by atomic mass is 10.1. The van der Waals surface area contributed by atoms with E-state index in [2.05, 4.69) is 17.2 Å². The Balaban J connectivity index is 1.74. The summed E-state index contributed by atoms with van der Waals surface area (Å²) in [5.74, 6) is 6.87. The fraction of sp³-hybridized carbons (Fsp3) is 0.320. The van der Waals surface area contributed by atoms with Crippen molar-refractivity contribution in [2.24, 2.45) is 0 Å². The molecule has 2 aromatic carbocycles. The maximum absolute atomic E-state index is 13.3. The van der Waals surface area contributed by atoms with E-state index in [-0.39, 0.29) is 5.75 Å². The highest BCUT2D eigenvalue weighted by atomic mass is 19.3. The Hall–Kier alpha value is -3.37. The molecule has 5 nitrogen and oxygen atoms in total. The van der Waals surface area contributed by atoms with Gasteiger partial charge in [-0.3, -0.25) is 4.57 Å². The number of imidazole rings is 1. The monoisotopic (exact) mass is 437 g/mol. The Kier molecular flexibility index (Phi) is 4.46. The molecule has 7 heteroatoms. The Morgan fingerprint density at radius 3 is 3.06 bits per heavy atom. The molecule has 2 bridgehead atoms. The van der Waals surface area contributed by atoms with Gasteiger partial charge in [0.05, 0.1) is 17.1 Å². The number of alkyl halides is 2. The second-order valence-electron chi connectivity index (χ2n) is 7.72. The van der Waals surface area contributed by atoms with Crippen LogP contribution in [0.3, 0.4) is 0 Å². The lowest BCUT2D eigenvalue weighted by Gasteiger charge is -2.20. The van der Waals surface area contributed by atoms with Gasteiger partial charge in [-0.2, -0.15) is 8.78 Å². The summed E-state index contributed by atoms with van der Waals surface area (Å²) < 4.78 is 57.6. The fourth-order valence-corrected chi connectivity index (χ4v) is 4.37. The zero-order valence-electron chi connectivity index (χ0n) is 20.5. The van der Waals surface area contributed by atoms with Crippen molar-refractivity contribution in [2.45, 2.75) is 32.4 Å². The molecule has 1 atom stereocenters. The summed E-state index contributed by atoms with van der Waals surface area (Å²) in [6.45, 7) is -1.73. The summed E-state index contributed by atoms with van der Waals surface area (Å²) in [5.41, 5.74) is 2.91. The zero-order chi connectivity index (χ0) is 24.7. The molecule has 0 saturated heterocycles. The molecule has 1 aromatic heterocycles. The van der Waals surface area contributed by atoms with Gasteiger partial charge in [-0.05, 0) is 30.8 Å². The zero-order valence-corrected chi connectivity index (χ0v) is 17.5. The van der Waals surface area contributed by atoms with E-state index in [0.29, 0.717) is 40.3 Å². The van der Waals surface area contributed by atoms with E-state index < -0.39 is 19.6 Å². The van der Waals surface area contributed by atoms with Crippen molar-refractivity contribution in [3.8, 4) is 17.6 Å². The molecule has 2 aliphatic rings. The summed E-state index contributed by atoms with van der Waals surface area (Å²) in [6, 6.07) is 9.84. The number of ether oxygens (including phenoxy) is 1. The minimum absolute atomic E-state index is 0.00367. The number of nitrogens with zero attached hydrogens (tertiary/aromatic N) is 3. The van der Waals surface area contributed by atoms with Crippen molar-refractivity contribution < 1.29 is 17.6 Å². The van der Waals surface area contributed by atoms with Gasteiger partial charge in [0.25, 0.3) is 0 Å². The Labute approximate surface area is 189 Å². The van der Waals surface area contributed by atoms with Crippen LogP contribution in [0, 0.1) is 11.8 Å². The lowest BCUT2D eigenvalue weighted by molar-refractivity contribution is -0.0505. The molecule has 0 saturated carbocycles. The van der Waals surface area contributed by atoms with Gasteiger partial charge in [-0.1, -0.05) is 30.9 Å². The van der Waals surface area contributed by atoms with Crippen LogP contribution in [0.4, 0.5) is 8.78 Å². The maximum Gasteiger partial charge on any atom is 0.387 e. The highest BCUT2D eigenvalue weighted by molar-refractivity contribution is 5.83. The van der Waals surface area contributed by atoms with Crippen LogP contribution in [-0.4, -0.2) is 41.1 Å². The first kappa shape index (κ1) is 17.2. The molecule has 0 radical (unpaired) electrons. The third-order valence-corrected chi connectivity index (χ3v) is 5.72. The maximum atomic E-state index is 13.3. The third-order valence-electron chi connectivity index (χ3n) is 5.72. The molecule has 0 fully saturated rings. The van der Waals surface area contributed by atoms with E-state index >= 15 is 0 Å². The van der Waals surface area contributed by atoms with Crippen molar-refractivity contribution in [1.82, 2.24) is 19.8 Å². The smallest absolute Gasteiger partial charge is 0.387 e. The first-order chi connectivity index (χ1) is 16.8. The molecule has 0 unspecified atom stereocenters. The van der Waals surface area contributed by atoms with E-state index in [4.69, 9.17) is 13.8 Å².